The summed E-state index contributed by atoms with van der Waals surface area (Å²) in [5, 5.41) is 10.1. The Morgan fingerprint density at radius 1 is 1.44 bits per heavy atom. The minimum absolute atomic E-state index is 0.283. The van der Waals surface area contributed by atoms with Gasteiger partial charge in [-0.3, -0.25) is 0 Å². The molecule has 1 heterocycles. The van der Waals surface area contributed by atoms with Crippen molar-refractivity contribution < 1.29 is 9.84 Å². The third kappa shape index (κ3) is 1.94. The van der Waals surface area contributed by atoms with Gasteiger partial charge < -0.3 is 9.84 Å². The fraction of sp³-hybridized carbons (Fsp3) is 0.571. The zero-order chi connectivity index (χ0) is 11.1. The second kappa shape index (κ2) is 3.77. The molecule has 2 atom stereocenters. The van der Waals surface area contributed by atoms with Gasteiger partial charge in [0.25, 0.3) is 0 Å². The second-order valence-corrected chi connectivity index (χ2v) is 5.19. The first-order valence-electron chi connectivity index (χ1n) is 6.20. The Balaban J connectivity index is 1.78. The van der Waals surface area contributed by atoms with E-state index in [9.17, 15) is 5.11 Å². The van der Waals surface area contributed by atoms with E-state index in [0.29, 0.717) is 0 Å². The summed E-state index contributed by atoms with van der Waals surface area (Å²) in [6.07, 6.45) is 4.48. The summed E-state index contributed by atoms with van der Waals surface area (Å²) in [6.45, 7) is 2.08. The van der Waals surface area contributed by atoms with Crippen LogP contribution in [0.1, 0.15) is 43.4 Å². The van der Waals surface area contributed by atoms with Crippen LogP contribution in [0, 0.1) is 5.92 Å². The molecule has 1 aromatic carbocycles. The van der Waals surface area contributed by atoms with E-state index in [2.05, 4.69) is 13.0 Å². The van der Waals surface area contributed by atoms with Crippen LogP contribution in [0.3, 0.4) is 0 Å². The molecule has 2 heteroatoms. The van der Waals surface area contributed by atoms with Crippen LogP contribution in [0.5, 0.6) is 5.75 Å². The van der Waals surface area contributed by atoms with Crippen LogP contribution in [-0.2, 0) is 6.42 Å². The van der Waals surface area contributed by atoms with Gasteiger partial charge in [-0.15, -0.1) is 0 Å². The Morgan fingerprint density at radius 2 is 2.25 bits per heavy atom. The Labute approximate surface area is 96.2 Å². The first kappa shape index (κ1) is 10.2. The van der Waals surface area contributed by atoms with E-state index < -0.39 is 0 Å². The zero-order valence-electron chi connectivity index (χ0n) is 9.65. The van der Waals surface area contributed by atoms with Gasteiger partial charge in [0, 0.05) is 6.42 Å². The molecule has 1 saturated carbocycles. The lowest BCUT2D eigenvalue weighted by molar-refractivity contribution is 0.160. The number of ether oxygens (including phenoxy) is 1. The lowest BCUT2D eigenvalue weighted by Gasteiger charge is -2.11. The molecule has 1 aliphatic heterocycles. The van der Waals surface area contributed by atoms with Crippen molar-refractivity contribution in [1.82, 2.24) is 0 Å². The van der Waals surface area contributed by atoms with Crippen molar-refractivity contribution in [2.24, 2.45) is 5.92 Å². The van der Waals surface area contributed by atoms with Gasteiger partial charge in [-0.25, -0.2) is 0 Å². The highest BCUT2D eigenvalue weighted by Crippen LogP contribution is 2.39. The Bertz CT molecular complexity index is 396. The van der Waals surface area contributed by atoms with Crippen LogP contribution in [0.4, 0.5) is 0 Å². The number of aliphatic hydroxyl groups excluding tert-OH is 1. The molecule has 86 valence electrons. The maximum Gasteiger partial charge on any atom is 0.123 e. The molecule has 2 aliphatic rings. The highest BCUT2D eigenvalue weighted by molar-refractivity contribution is 5.41. The molecular weight excluding hydrogens is 200 g/mol. The lowest BCUT2D eigenvalue weighted by Crippen LogP contribution is -2.05. The van der Waals surface area contributed by atoms with Gasteiger partial charge in [0.2, 0.25) is 0 Å². The van der Waals surface area contributed by atoms with Crippen LogP contribution in [0.2, 0.25) is 0 Å². The van der Waals surface area contributed by atoms with Crippen molar-refractivity contribution in [2.75, 3.05) is 0 Å². The summed E-state index contributed by atoms with van der Waals surface area (Å²) >= 11 is 0. The second-order valence-electron chi connectivity index (χ2n) is 5.19. The molecule has 0 spiro atoms. The lowest BCUT2D eigenvalue weighted by atomic mass is 10.00. The first-order chi connectivity index (χ1) is 7.72. The topological polar surface area (TPSA) is 29.5 Å². The molecule has 2 unspecified atom stereocenters. The van der Waals surface area contributed by atoms with E-state index in [0.717, 1.165) is 30.1 Å². The van der Waals surface area contributed by atoms with E-state index in [1.165, 1.54) is 18.4 Å². The molecule has 0 radical (unpaired) electrons. The number of benzene rings is 1. The van der Waals surface area contributed by atoms with Crippen LogP contribution in [0.25, 0.3) is 0 Å². The van der Waals surface area contributed by atoms with Crippen molar-refractivity contribution in [3.63, 3.8) is 0 Å². The van der Waals surface area contributed by atoms with E-state index >= 15 is 0 Å². The molecule has 1 N–H and O–H groups in total. The van der Waals surface area contributed by atoms with Gasteiger partial charge in [0.1, 0.15) is 11.9 Å². The van der Waals surface area contributed by atoms with Gasteiger partial charge in [0.05, 0.1) is 6.10 Å². The summed E-state index contributed by atoms with van der Waals surface area (Å²) < 4.78 is 5.65. The molecule has 0 aromatic heterocycles. The molecule has 0 amide bonds. The summed E-state index contributed by atoms with van der Waals surface area (Å²) in [6, 6.07) is 6.13. The fourth-order valence-corrected chi connectivity index (χ4v) is 2.45. The van der Waals surface area contributed by atoms with E-state index in [-0.39, 0.29) is 12.2 Å². The van der Waals surface area contributed by atoms with Gasteiger partial charge in [0.15, 0.2) is 0 Å². The summed E-state index contributed by atoms with van der Waals surface area (Å²) in [4.78, 5) is 0. The molecule has 1 fully saturated rings. The molecule has 1 aromatic rings. The van der Waals surface area contributed by atoms with E-state index in [4.69, 9.17) is 4.74 Å². The van der Waals surface area contributed by atoms with Crippen molar-refractivity contribution in [3.05, 3.63) is 29.3 Å². The van der Waals surface area contributed by atoms with Crippen molar-refractivity contribution in [2.45, 2.75) is 44.8 Å². The SMILES string of the molecule is CC1Cc2cc(C(O)CC3CC3)ccc2O1. The van der Waals surface area contributed by atoms with E-state index in [1.807, 2.05) is 12.1 Å². The average Bonchev–Trinajstić information content (AvgIpc) is 2.96. The Hall–Kier alpha value is -1.02. The molecule has 1 aliphatic carbocycles. The van der Waals surface area contributed by atoms with Crippen molar-refractivity contribution >= 4 is 0 Å². The van der Waals surface area contributed by atoms with Gasteiger partial charge in [-0.1, -0.05) is 18.9 Å². The van der Waals surface area contributed by atoms with Gasteiger partial charge in [-0.05, 0) is 42.5 Å². The Morgan fingerprint density at radius 3 is 3.00 bits per heavy atom. The molecule has 16 heavy (non-hydrogen) atoms. The first-order valence-corrected chi connectivity index (χ1v) is 6.20. The quantitative estimate of drug-likeness (QED) is 0.845. The zero-order valence-corrected chi connectivity index (χ0v) is 9.65. The number of fused-ring (bicyclic) bond motifs is 1. The normalized spacial score (nSPS) is 25.0. The predicted octanol–water partition coefficient (Wildman–Crippen LogP) is 2.84. The summed E-state index contributed by atoms with van der Waals surface area (Å²) in [5.41, 5.74) is 2.31. The van der Waals surface area contributed by atoms with Crippen LogP contribution < -0.4 is 4.74 Å². The fourth-order valence-electron chi connectivity index (χ4n) is 2.45. The van der Waals surface area contributed by atoms with Crippen LogP contribution in [0.15, 0.2) is 18.2 Å². The summed E-state index contributed by atoms with van der Waals surface area (Å²) in [5.74, 6) is 1.76. The molecule has 2 nitrogen and oxygen atoms in total. The monoisotopic (exact) mass is 218 g/mol. The van der Waals surface area contributed by atoms with Gasteiger partial charge in [-0.2, -0.15) is 0 Å². The number of rotatable bonds is 3. The van der Waals surface area contributed by atoms with Gasteiger partial charge >= 0.3 is 0 Å². The Kier molecular flexibility index (Phi) is 2.40. The standard InChI is InChI=1S/C14H18O2/c1-9-6-12-8-11(4-5-14(12)16-9)13(15)7-10-2-3-10/h4-5,8-10,13,15H,2-3,6-7H2,1H3. The smallest absolute Gasteiger partial charge is 0.123 e. The molecule has 0 saturated heterocycles. The molecular formula is C14H18O2. The summed E-state index contributed by atoms with van der Waals surface area (Å²) in [7, 11) is 0. The average molecular weight is 218 g/mol. The maximum absolute atomic E-state index is 10.1. The largest absolute Gasteiger partial charge is 0.490 e. The molecule has 3 rings (SSSR count). The van der Waals surface area contributed by atoms with Crippen LogP contribution in [-0.4, -0.2) is 11.2 Å². The van der Waals surface area contributed by atoms with E-state index in [1.54, 1.807) is 0 Å². The third-order valence-corrected chi connectivity index (χ3v) is 3.56. The minimum Gasteiger partial charge on any atom is -0.490 e. The van der Waals surface area contributed by atoms with Crippen LogP contribution >= 0.6 is 0 Å². The highest BCUT2D eigenvalue weighted by Gasteiger charge is 2.26. The number of aliphatic hydroxyl groups is 1. The third-order valence-electron chi connectivity index (χ3n) is 3.56. The number of hydrogen-bond acceptors (Lipinski definition) is 2. The number of hydrogen-bond donors (Lipinski definition) is 1. The van der Waals surface area contributed by atoms with Crippen molar-refractivity contribution in [1.29, 1.82) is 0 Å². The van der Waals surface area contributed by atoms with Crippen molar-refractivity contribution in [3.8, 4) is 5.75 Å². The minimum atomic E-state index is -0.284. The highest BCUT2D eigenvalue weighted by atomic mass is 16.5. The molecule has 0 bridgehead atoms. The maximum atomic E-state index is 10.1. The predicted molar refractivity (Wildman–Crippen MR) is 62.5 cm³/mol.